The van der Waals surface area contributed by atoms with Crippen molar-refractivity contribution in [2.75, 3.05) is 7.11 Å². The van der Waals surface area contributed by atoms with Crippen molar-refractivity contribution in [1.82, 2.24) is 5.32 Å². The summed E-state index contributed by atoms with van der Waals surface area (Å²) in [6, 6.07) is 7.98. The lowest BCUT2D eigenvalue weighted by Crippen LogP contribution is -2.46. The molecule has 0 aromatic heterocycles. The van der Waals surface area contributed by atoms with Crippen molar-refractivity contribution in [3.05, 3.63) is 35.4 Å². The molecule has 0 amide bonds. The van der Waals surface area contributed by atoms with Crippen molar-refractivity contribution in [2.45, 2.75) is 40.3 Å². The highest BCUT2D eigenvalue weighted by molar-refractivity contribution is 5.76. The molecule has 1 atom stereocenters. The van der Waals surface area contributed by atoms with Gasteiger partial charge in [-0.3, -0.25) is 10.1 Å². The third-order valence-electron chi connectivity index (χ3n) is 2.93. The summed E-state index contributed by atoms with van der Waals surface area (Å²) < 4.78 is 4.84. The second-order valence-corrected chi connectivity index (χ2v) is 5.69. The average Bonchev–Trinajstić information content (AvgIpc) is 2.29. The van der Waals surface area contributed by atoms with Crippen LogP contribution in [0.5, 0.6) is 0 Å². The average molecular weight is 249 g/mol. The van der Waals surface area contributed by atoms with Crippen LogP contribution >= 0.6 is 0 Å². The van der Waals surface area contributed by atoms with Crippen LogP contribution in [0.15, 0.2) is 24.3 Å². The van der Waals surface area contributed by atoms with Gasteiger partial charge in [0.25, 0.3) is 0 Å². The maximum absolute atomic E-state index is 11.7. The fourth-order valence-electron chi connectivity index (χ4n) is 1.79. The van der Waals surface area contributed by atoms with E-state index in [2.05, 4.69) is 36.5 Å². The molecule has 0 spiro atoms. The van der Waals surface area contributed by atoms with Crippen molar-refractivity contribution in [2.24, 2.45) is 5.41 Å². The zero-order valence-electron chi connectivity index (χ0n) is 11.9. The number of ether oxygens (including phenoxy) is 1. The van der Waals surface area contributed by atoms with E-state index in [9.17, 15) is 4.79 Å². The van der Waals surface area contributed by atoms with Crippen LogP contribution in [0.25, 0.3) is 0 Å². The molecule has 0 unspecified atom stereocenters. The van der Waals surface area contributed by atoms with Crippen LogP contribution in [-0.2, 0) is 16.1 Å². The first-order valence-corrected chi connectivity index (χ1v) is 6.21. The van der Waals surface area contributed by atoms with E-state index >= 15 is 0 Å². The Labute approximate surface area is 110 Å². The Bertz CT molecular complexity index is 390. The van der Waals surface area contributed by atoms with Crippen LogP contribution in [0.3, 0.4) is 0 Å². The molecule has 1 rings (SSSR count). The zero-order chi connectivity index (χ0) is 13.8. The van der Waals surface area contributed by atoms with Gasteiger partial charge in [0, 0.05) is 6.54 Å². The highest BCUT2D eigenvalue weighted by Gasteiger charge is 2.31. The summed E-state index contributed by atoms with van der Waals surface area (Å²) in [5, 5.41) is 3.27. The van der Waals surface area contributed by atoms with E-state index in [1.807, 2.05) is 20.8 Å². The van der Waals surface area contributed by atoms with Crippen LogP contribution in [0.1, 0.15) is 31.9 Å². The van der Waals surface area contributed by atoms with E-state index in [1.54, 1.807) is 0 Å². The van der Waals surface area contributed by atoms with Gasteiger partial charge < -0.3 is 4.74 Å². The smallest absolute Gasteiger partial charge is 0.323 e. The standard InChI is InChI=1S/C15H23NO2/c1-11-6-8-12(9-7-11)10-16-13(14(17)18-5)15(2,3)4/h6-9,13,16H,10H2,1-5H3/t13-/m0/s1. The van der Waals surface area contributed by atoms with Crippen LogP contribution in [0.2, 0.25) is 0 Å². The molecule has 3 heteroatoms. The maximum Gasteiger partial charge on any atom is 0.323 e. The normalized spacial score (nSPS) is 13.2. The molecule has 0 aliphatic rings. The summed E-state index contributed by atoms with van der Waals surface area (Å²) in [4.78, 5) is 11.7. The third kappa shape index (κ3) is 4.15. The molecule has 0 bridgehead atoms. The van der Waals surface area contributed by atoms with Crippen molar-refractivity contribution < 1.29 is 9.53 Å². The van der Waals surface area contributed by atoms with Gasteiger partial charge in [-0.05, 0) is 17.9 Å². The Kier molecular flexibility index (Phi) is 4.91. The van der Waals surface area contributed by atoms with Gasteiger partial charge in [-0.15, -0.1) is 0 Å². The molecule has 0 fully saturated rings. The van der Waals surface area contributed by atoms with Gasteiger partial charge in [0.1, 0.15) is 6.04 Å². The van der Waals surface area contributed by atoms with E-state index < -0.39 is 0 Å². The van der Waals surface area contributed by atoms with Gasteiger partial charge >= 0.3 is 5.97 Å². The minimum absolute atomic E-state index is 0.169. The quantitative estimate of drug-likeness (QED) is 0.834. The summed E-state index contributed by atoms with van der Waals surface area (Å²) in [5.41, 5.74) is 2.23. The molecule has 1 aromatic carbocycles. The van der Waals surface area contributed by atoms with E-state index in [0.717, 1.165) is 0 Å². The predicted molar refractivity (Wildman–Crippen MR) is 73.3 cm³/mol. The first-order valence-electron chi connectivity index (χ1n) is 6.21. The lowest BCUT2D eigenvalue weighted by atomic mass is 9.86. The Morgan fingerprint density at radius 3 is 2.28 bits per heavy atom. The SMILES string of the molecule is COC(=O)[C@H](NCc1ccc(C)cc1)C(C)(C)C. The molecule has 0 aliphatic heterocycles. The van der Waals surface area contributed by atoms with Crippen LogP contribution in [0, 0.1) is 12.3 Å². The number of nitrogens with one attached hydrogen (secondary N) is 1. The third-order valence-corrected chi connectivity index (χ3v) is 2.93. The van der Waals surface area contributed by atoms with Crippen LogP contribution in [0.4, 0.5) is 0 Å². The number of hydrogen-bond donors (Lipinski definition) is 1. The van der Waals surface area contributed by atoms with Gasteiger partial charge in [-0.1, -0.05) is 50.6 Å². The topological polar surface area (TPSA) is 38.3 Å². The first-order chi connectivity index (χ1) is 8.34. The summed E-state index contributed by atoms with van der Waals surface area (Å²) in [5.74, 6) is -0.213. The molecular weight excluding hydrogens is 226 g/mol. The number of hydrogen-bond acceptors (Lipinski definition) is 3. The molecule has 0 heterocycles. The highest BCUT2D eigenvalue weighted by atomic mass is 16.5. The molecule has 18 heavy (non-hydrogen) atoms. The Hall–Kier alpha value is -1.35. The molecule has 100 valence electrons. The molecule has 0 saturated heterocycles. The molecule has 3 nitrogen and oxygen atoms in total. The van der Waals surface area contributed by atoms with Gasteiger partial charge in [0.05, 0.1) is 7.11 Å². The monoisotopic (exact) mass is 249 g/mol. The molecule has 0 aliphatic carbocycles. The molecule has 1 aromatic rings. The van der Waals surface area contributed by atoms with Crippen molar-refractivity contribution in [3.63, 3.8) is 0 Å². The predicted octanol–water partition coefficient (Wildman–Crippen LogP) is 2.67. The van der Waals surface area contributed by atoms with Gasteiger partial charge in [0.15, 0.2) is 0 Å². The Balaban J connectivity index is 2.68. The molecular formula is C15H23NO2. The van der Waals surface area contributed by atoms with Gasteiger partial charge in [0.2, 0.25) is 0 Å². The number of carbonyl (C=O) groups is 1. The Morgan fingerprint density at radius 1 is 1.28 bits per heavy atom. The van der Waals surface area contributed by atoms with E-state index in [0.29, 0.717) is 6.54 Å². The number of esters is 1. The number of benzene rings is 1. The van der Waals surface area contributed by atoms with Crippen molar-refractivity contribution in [3.8, 4) is 0 Å². The largest absolute Gasteiger partial charge is 0.468 e. The van der Waals surface area contributed by atoms with Crippen molar-refractivity contribution in [1.29, 1.82) is 0 Å². The van der Waals surface area contributed by atoms with Crippen LogP contribution < -0.4 is 5.32 Å². The van der Waals surface area contributed by atoms with E-state index in [1.165, 1.54) is 18.2 Å². The fraction of sp³-hybridized carbons (Fsp3) is 0.533. The maximum atomic E-state index is 11.7. The zero-order valence-corrected chi connectivity index (χ0v) is 11.9. The Morgan fingerprint density at radius 2 is 1.83 bits per heavy atom. The second-order valence-electron chi connectivity index (χ2n) is 5.69. The van der Waals surface area contributed by atoms with E-state index in [-0.39, 0.29) is 17.4 Å². The number of methoxy groups -OCH3 is 1. The minimum Gasteiger partial charge on any atom is -0.468 e. The molecule has 0 saturated carbocycles. The molecule has 0 radical (unpaired) electrons. The van der Waals surface area contributed by atoms with Crippen LogP contribution in [-0.4, -0.2) is 19.1 Å². The first kappa shape index (κ1) is 14.7. The van der Waals surface area contributed by atoms with E-state index in [4.69, 9.17) is 4.74 Å². The minimum atomic E-state index is -0.302. The second kappa shape index (κ2) is 6.01. The molecule has 1 N–H and O–H groups in total. The highest BCUT2D eigenvalue weighted by Crippen LogP contribution is 2.20. The lowest BCUT2D eigenvalue weighted by Gasteiger charge is -2.29. The summed E-state index contributed by atoms with van der Waals surface area (Å²) in [6.07, 6.45) is 0. The number of rotatable bonds is 4. The number of carbonyl (C=O) groups excluding carboxylic acids is 1. The summed E-state index contributed by atoms with van der Waals surface area (Å²) in [6.45, 7) is 8.80. The summed E-state index contributed by atoms with van der Waals surface area (Å²) in [7, 11) is 1.43. The summed E-state index contributed by atoms with van der Waals surface area (Å²) >= 11 is 0. The fourth-order valence-corrected chi connectivity index (χ4v) is 1.79. The van der Waals surface area contributed by atoms with Crippen molar-refractivity contribution >= 4 is 5.97 Å². The van der Waals surface area contributed by atoms with Gasteiger partial charge in [-0.25, -0.2) is 0 Å². The number of aryl methyl sites for hydroxylation is 1. The lowest BCUT2D eigenvalue weighted by molar-refractivity contribution is -0.146. The van der Waals surface area contributed by atoms with Gasteiger partial charge in [-0.2, -0.15) is 0 Å².